The molecule has 0 spiro atoms. The maximum atomic E-state index is 13.2. The van der Waals surface area contributed by atoms with Crippen molar-refractivity contribution in [1.82, 2.24) is 9.97 Å². The van der Waals surface area contributed by atoms with E-state index in [9.17, 15) is 9.59 Å². The van der Waals surface area contributed by atoms with E-state index in [1.165, 1.54) is 11.1 Å². The number of nitrogens with zero attached hydrogens (tertiary/aromatic N) is 4. The van der Waals surface area contributed by atoms with Gasteiger partial charge in [0.25, 0.3) is 11.8 Å². The first-order valence-electron chi connectivity index (χ1n) is 9.13. The number of amides is 2. The molecule has 152 valence electrons. The van der Waals surface area contributed by atoms with E-state index in [0.29, 0.717) is 18.1 Å². The predicted molar refractivity (Wildman–Crippen MR) is 109 cm³/mol. The molecule has 0 bridgehead atoms. The van der Waals surface area contributed by atoms with Crippen LogP contribution < -0.4 is 26.4 Å². The van der Waals surface area contributed by atoms with Crippen molar-refractivity contribution in [3.8, 4) is 5.75 Å². The van der Waals surface area contributed by atoms with Crippen LogP contribution in [0.25, 0.3) is 0 Å². The first-order valence-corrected chi connectivity index (χ1v) is 9.13. The monoisotopic (exact) mass is 397 g/mol. The molecule has 3 rings (SSSR count). The van der Waals surface area contributed by atoms with E-state index in [1.807, 2.05) is 13.8 Å². The van der Waals surface area contributed by atoms with Crippen molar-refractivity contribution in [3.05, 3.63) is 41.6 Å². The molecule has 5 N–H and O–H groups in total. The molecule has 10 nitrogen and oxygen atoms in total. The van der Waals surface area contributed by atoms with E-state index in [-0.39, 0.29) is 24.4 Å². The fourth-order valence-corrected chi connectivity index (χ4v) is 2.87. The number of anilines is 2. The molecular formula is C19H23N7O3. The number of guanidine groups is 1. The normalized spacial score (nSPS) is 12.1. The highest BCUT2D eigenvalue weighted by Gasteiger charge is 2.24. The first kappa shape index (κ1) is 20.1. The lowest BCUT2D eigenvalue weighted by Gasteiger charge is -2.21. The predicted octanol–water partition coefficient (Wildman–Crippen LogP) is 0.679. The van der Waals surface area contributed by atoms with E-state index in [2.05, 4.69) is 20.3 Å². The summed E-state index contributed by atoms with van der Waals surface area (Å²) in [5, 5.41) is 3.07. The van der Waals surface area contributed by atoms with Crippen LogP contribution >= 0.6 is 0 Å². The van der Waals surface area contributed by atoms with Crippen LogP contribution in [0, 0.1) is 0 Å². The number of nitrogens with two attached hydrogens (primary N) is 2. The minimum atomic E-state index is -0.667. The fourth-order valence-electron chi connectivity index (χ4n) is 2.87. The van der Waals surface area contributed by atoms with Crippen LogP contribution in [0.4, 0.5) is 11.8 Å². The molecule has 0 saturated carbocycles. The number of fused-ring (bicyclic) bond motifs is 1. The summed E-state index contributed by atoms with van der Waals surface area (Å²) in [6.07, 6.45) is 2.23. The Morgan fingerprint density at radius 1 is 1.31 bits per heavy atom. The summed E-state index contributed by atoms with van der Waals surface area (Å²) < 4.78 is 5.49. The maximum Gasteiger partial charge on any atom is 0.268 e. The van der Waals surface area contributed by atoms with Crippen LogP contribution in [-0.2, 0) is 11.2 Å². The van der Waals surface area contributed by atoms with Gasteiger partial charge in [-0.25, -0.2) is 4.98 Å². The van der Waals surface area contributed by atoms with Crippen LogP contribution in [0.3, 0.4) is 0 Å². The topological polar surface area (TPSA) is 149 Å². The van der Waals surface area contributed by atoms with Gasteiger partial charge in [0.15, 0.2) is 5.96 Å². The summed E-state index contributed by atoms with van der Waals surface area (Å²) in [5.74, 6) is -0.0964. The molecule has 0 atom stereocenters. The van der Waals surface area contributed by atoms with Gasteiger partial charge in [-0.1, -0.05) is 0 Å². The number of hydrogen-bond acceptors (Lipinski definition) is 6. The van der Waals surface area contributed by atoms with Gasteiger partial charge < -0.3 is 21.5 Å². The number of nitrogens with one attached hydrogen (secondary N) is 1. The Balaban J connectivity index is 1.95. The number of carbonyl (C=O) groups is 2. The van der Waals surface area contributed by atoms with Gasteiger partial charge in [-0.3, -0.25) is 14.5 Å². The second-order valence-electron chi connectivity index (χ2n) is 6.78. The second-order valence-corrected chi connectivity index (χ2v) is 6.78. The van der Waals surface area contributed by atoms with E-state index in [0.717, 1.165) is 17.7 Å². The van der Waals surface area contributed by atoms with Crippen molar-refractivity contribution in [2.75, 3.05) is 23.4 Å². The second kappa shape index (κ2) is 8.55. The van der Waals surface area contributed by atoms with Gasteiger partial charge in [0.05, 0.1) is 6.61 Å². The van der Waals surface area contributed by atoms with Gasteiger partial charge in [0.1, 0.15) is 18.1 Å². The fraction of sp³-hybridized carbons (Fsp3) is 0.316. The maximum absolute atomic E-state index is 13.2. The molecule has 0 radical (unpaired) electrons. The quantitative estimate of drug-likeness (QED) is 0.476. The van der Waals surface area contributed by atoms with Crippen molar-refractivity contribution < 1.29 is 14.3 Å². The van der Waals surface area contributed by atoms with Gasteiger partial charge in [-0.2, -0.15) is 9.98 Å². The summed E-state index contributed by atoms with van der Waals surface area (Å²) in [5.41, 5.74) is 11.9. The zero-order valence-electron chi connectivity index (χ0n) is 16.3. The molecule has 0 saturated heterocycles. The van der Waals surface area contributed by atoms with Gasteiger partial charge in [0.2, 0.25) is 5.95 Å². The third kappa shape index (κ3) is 4.98. The highest BCUT2D eigenvalue weighted by atomic mass is 16.5. The third-order valence-electron chi connectivity index (χ3n) is 4.06. The summed E-state index contributed by atoms with van der Waals surface area (Å²) in [6.45, 7) is 4.08. The third-order valence-corrected chi connectivity index (χ3v) is 4.06. The number of rotatable bonds is 6. The van der Waals surface area contributed by atoms with Gasteiger partial charge in [-0.05, 0) is 43.7 Å². The molecule has 2 amide bonds. The molecule has 1 aromatic heterocycles. The van der Waals surface area contributed by atoms with Gasteiger partial charge >= 0.3 is 0 Å². The van der Waals surface area contributed by atoms with Crippen molar-refractivity contribution in [3.63, 3.8) is 0 Å². The minimum absolute atomic E-state index is 0.0920. The lowest BCUT2D eigenvalue weighted by atomic mass is 10.1. The van der Waals surface area contributed by atoms with E-state index >= 15 is 0 Å². The van der Waals surface area contributed by atoms with E-state index < -0.39 is 11.8 Å². The van der Waals surface area contributed by atoms with E-state index in [1.54, 1.807) is 24.3 Å². The van der Waals surface area contributed by atoms with Crippen molar-refractivity contribution in [2.24, 2.45) is 16.5 Å². The number of carbonyl (C=O) groups excluding carboxylic acids is 2. The lowest BCUT2D eigenvalue weighted by Crippen LogP contribution is -2.37. The molecule has 1 aliphatic rings. The summed E-state index contributed by atoms with van der Waals surface area (Å²) in [6, 6.07) is 6.80. The van der Waals surface area contributed by atoms with Crippen molar-refractivity contribution in [1.29, 1.82) is 0 Å². The highest BCUT2D eigenvalue weighted by Crippen LogP contribution is 2.27. The molecule has 0 aliphatic carbocycles. The molecule has 2 heterocycles. The Morgan fingerprint density at radius 3 is 2.83 bits per heavy atom. The Hall–Kier alpha value is -3.69. The number of aliphatic imine (C=N–C) groups is 1. The largest absolute Gasteiger partial charge is 0.493 e. The molecule has 0 fully saturated rings. The Morgan fingerprint density at radius 2 is 2.10 bits per heavy atom. The standard InChI is InChI=1S/C19H23N7O3/c1-11(2)23-19-22-7-5-15(24-19)26(10-16(27)25-18(20)21)17(28)13-3-4-14-12(9-13)6-8-29-14/h3-5,7,9,11H,6,8,10H2,1-2H3,(H,22,23,24)(H4,20,21,25,27). The lowest BCUT2D eigenvalue weighted by molar-refractivity contribution is -0.116. The van der Waals surface area contributed by atoms with Crippen LogP contribution in [-0.4, -0.2) is 46.9 Å². The smallest absolute Gasteiger partial charge is 0.268 e. The summed E-state index contributed by atoms with van der Waals surface area (Å²) >= 11 is 0. The van der Waals surface area contributed by atoms with Crippen LogP contribution in [0.15, 0.2) is 35.5 Å². The van der Waals surface area contributed by atoms with E-state index in [4.69, 9.17) is 16.2 Å². The average Bonchev–Trinajstić information content (AvgIpc) is 3.12. The molecule has 0 unspecified atom stereocenters. The summed E-state index contributed by atoms with van der Waals surface area (Å²) in [4.78, 5) is 38.7. The number of hydrogen-bond donors (Lipinski definition) is 3. The molecule has 1 aliphatic heterocycles. The number of ether oxygens (including phenoxy) is 1. The van der Waals surface area contributed by atoms with Crippen molar-refractivity contribution in [2.45, 2.75) is 26.3 Å². The molecular weight excluding hydrogens is 374 g/mol. The minimum Gasteiger partial charge on any atom is -0.493 e. The molecule has 10 heteroatoms. The average molecular weight is 397 g/mol. The SMILES string of the molecule is CC(C)Nc1nccc(N(CC(=O)N=C(N)N)C(=O)c2ccc3c(c2)CCO3)n1. The van der Waals surface area contributed by atoms with Crippen LogP contribution in [0.1, 0.15) is 29.8 Å². The zero-order valence-corrected chi connectivity index (χ0v) is 16.3. The Kier molecular flexibility index (Phi) is 5.91. The zero-order chi connectivity index (χ0) is 21.0. The van der Waals surface area contributed by atoms with Crippen molar-refractivity contribution >= 4 is 29.5 Å². The molecule has 2 aromatic rings. The number of benzene rings is 1. The highest BCUT2D eigenvalue weighted by molar-refractivity contribution is 6.09. The van der Waals surface area contributed by atoms with Gasteiger partial charge in [0, 0.05) is 24.2 Å². The number of aromatic nitrogens is 2. The Labute approximate surface area is 168 Å². The summed E-state index contributed by atoms with van der Waals surface area (Å²) in [7, 11) is 0. The van der Waals surface area contributed by atoms with Crippen LogP contribution in [0.2, 0.25) is 0 Å². The van der Waals surface area contributed by atoms with Crippen LogP contribution in [0.5, 0.6) is 5.75 Å². The first-order chi connectivity index (χ1) is 13.8. The molecule has 1 aromatic carbocycles. The molecule has 29 heavy (non-hydrogen) atoms. The van der Waals surface area contributed by atoms with Gasteiger partial charge in [-0.15, -0.1) is 0 Å². The Bertz CT molecular complexity index is 955.